The summed E-state index contributed by atoms with van der Waals surface area (Å²) in [5.74, 6) is -1.12. The van der Waals surface area contributed by atoms with Crippen molar-refractivity contribution in [1.82, 2.24) is 4.90 Å². The van der Waals surface area contributed by atoms with Gasteiger partial charge in [-0.1, -0.05) is 6.07 Å². The summed E-state index contributed by atoms with van der Waals surface area (Å²) < 4.78 is 5.43. The van der Waals surface area contributed by atoms with Crippen molar-refractivity contribution >= 4 is 23.0 Å². The molecule has 1 aliphatic heterocycles. The Hall–Kier alpha value is -2.38. The van der Waals surface area contributed by atoms with Crippen molar-refractivity contribution in [3.63, 3.8) is 0 Å². The van der Waals surface area contributed by atoms with Gasteiger partial charge in [0.25, 0.3) is 0 Å². The van der Waals surface area contributed by atoms with Crippen molar-refractivity contribution in [3.8, 4) is 0 Å². The molecule has 2 aromatic heterocycles. The standard InChI is InChI=1S/C21H26N2O4S/c1-4-22(5-2)11-7-12-23-18(16-8-6-13-28-16)17(20(25)21(23)26)19(24)15-10-9-14(3)27-15/h6,8-10,13,18,25H,4-5,7,11-12H2,1-3H3. The van der Waals surface area contributed by atoms with Gasteiger partial charge in [-0.2, -0.15) is 0 Å². The van der Waals surface area contributed by atoms with Gasteiger partial charge >= 0.3 is 0 Å². The molecule has 0 aliphatic carbocycles. The number of hydrogen-bond donors (Lipinski definition) is 1. The molecule has 1 N–H and O–H groups in total. The third kappa shape index (κ3) is 3.91. The van der Waals surface area contributed by atoms with Crippen molar-refractivity contribution < 1.29 is 24.0 Å². The zero-order valence-electron chi connectivity index (χ0n) is 16.5. The highest BCUT2D eigenvalue weighted by Gasteiger charge is 2.40. The zero-order valence-corrected chi connectivity index (χ0v) is 17.3. The molecule has 28 heavy (non-hydrogen) atoms. The largest absolute Gasteiger partial charge is 0.868 e. The van der Waals surface area contributed by atoms with Gasteiger partial charge < -0.3 is 19.3 Å². The maximum absolute atomic E-state index is 13.0. The monoisotopic (exact) mass is 402 g/mol. The number of aryl methyl sites for hydroxylation is 1. The summed E-state index contributed by atoms with van der Waals surface area (Å²) in [6.45, 7) is 9.41. The van der Waals surface area contributed by atoms with Gasteiger partial charge in [0.15, 0.2) is 5.76 Å². The number of thiophene rings is 1. The van der Waals surface area contributed by atoms with Gasteiger partial charge in [-0.3, -0.25) is 9.59 Å². The number of nitrogens with one attached hydrogen (secondary N) is 1. The molecule has 0 fully saturated rings. The number of carbonyl (C=O) groups is 2. The molecule has 0 aromatic carbocycles. The highest BCUT2D eigenvalue weighted by atomic mass is 32.1. The molecule has 7 heteroatoms. The lowest BCUT2D eigenvalue weighted by Gasteiger charge is -2.27. The SMILES string of the molecule is CC[NH+](CC)CCCN1C(=O)C([O-])=C(C(=O)c2ccc(C)o2)C1c1cccs1. The van der Waals surface area contributed by atoms with Gasteiger partial charge in [-0.15, -0.1) is 11.3 Å². The van der Waals surface area contributed by atoms with Crippen LogP contribution >= 0.6 is 11.3 Å². The van der Waals surface area contributed by atoms with Crippen molar-refractivity contribution in [3.05, 3.63) is 57.4 Å². The second kappa shape index (κ2) is 8.75. The van der Waals surface area contributed by atoms with E-state index in [0.717, 1.165) is 30.9 Å². The van der Waals surface area contributed by atoms with Crippen LogP contribution in [0.25, 0.3) is 0 Å². The Morgan fingerprint density at radius 3 is 2.61 bits per heavy atom. The number of amides is 1. The number of furan rings is 1. The number of Topliss-reactive ketones (excluding diaryl/α,β-unsaturated/α-hetero) is 1. The van der Waals surface area contributed by atoms with Crippen molar-refractivity contribution in [1.29, 1.82) is 0 Å². The van der Waals surface area contributed by atoms with E-state index in [-0.39, 0.29) is 11.3 Å². The Kier molecular flexibility index (Phi) is 6.36. The number of quaternary nitrogens is 1. The first-order valence-corrected chi connectivity index (χ1v) is 10.6. The summed E-state index contributed by atoms with van der Waals surface area (Å²) in [4.78, 5) is 29.6. The number of hydrogen-bond acceptors (Lipinski definition) is 5. The normalized spacial score (nSPS) is 17.2. The van der Waals surface area contributed by atoms with Crippen LogP contribution in [0.3, 0.4) is 0 Å². The quantitative estimate of drug-likeness (QED) is 0.642. The summed E-state index contributed by atoms with van der Waals surface area (Å²) in [7, 11) is 0. The molecule has 0 bridgehead atoms. The summed E-state index contributed by atoms with van der Waals surface area (Å²) in [6, 6.07) is 6.33. The van der Waals surface area contributed by atoms with Crippen LogP contribution in [0.1, 0.15) is 47.5 Å². The van der Waals surface area contributed by atoms with Crippen molar-refractivity contribution in [2.45, 2.75) is 33.2 Å². The number of rotatable bonds is 9. The predicted octanol–water partition coefficient (Wildman–Crippen LogP) is 1.34. The zero-order chi connectivity index (χ0) is 20.3. The second-order valence-electron chi connectivity index (χ2n) is 6.96. The highest BCUT2D eigenvalue weighted by Crippen LogP contribution is 2.40. The minimum atomic E-state index is -0.715. The minimum absolute atomic E-state index is 0.00279. The van der Waals surface area contributed by atoms with Crippen LogP contribution in [0.2, 0.25) is 0 Å². The molecule has 0 saturated heterocycles. The first kappa shape index (κ1) is 20.4. The fourth-order valence-electron chi connectivity index (χ4n) is 3.64. The van der Waals surface area contributed by atoms with Crippen LogP contribution in [0.15, 0.2) is 45.4 Å². The molecule has 2 aromatic rings. The average Bonchev–Trinajstić information content (AvgIpc) is 3.41. The Morgan fingerprint density at radius 2 is 2.04 bits per heavy atom. The molecule has 0 saturated carbocycles. The molecule has 1 amide bonds. The van der Waals surface area contributed by atoms with E-state index in [2.05, 4.69) is 13.8 Å². The predicted molar refractivity (Wildman–Crippen MR) is 105 cm³/mol. The molecule has 1 unspecified atom stereocenters. The maximum atomic E-state index is 13.0. The Bertz CT molecular complexity index is 865. The van der Waals surface area contributed by atoms with E-state index in [1.54, 1.807) is 24.0 Å². The summed E-state index contributed by atoms with van der Waals surface area (Å²) >= 11 is 1.44. The van der Waals surface area contributed by atoms with Crippen LogP contribution in [0.5, 0.6) is 0 Å². The lowest BCUT2D eigenvalue weighted by Crippen LogP contribution is -3.11. The van der Waals surface area contributed by atoms with Crippen LogP contribution < -0.4 is 10.0 Å². The van der Waals surface area contributed by atoms with Crippen LogP contribution in [-0.2, 0) is 4.79 Å². The van der Waals surface area contributed by atoms with Gasteiger partial charge in [-0.05, 0) is 50.1 Å². The first-order chi connectivity index (χ1) is 13.5. The molecular weight excluding hydrogens is 376 g/mol. The van der Waals surface area contributed by atoms with Gasteiger partial charge in [0.05, 0.1) is 25.7 Å². The van der Waals surface area contributed by atoms with Gasteiger partial charge in [0.2, 0.25) is 11.7 Å². The Balaban J connectivity index is 1.88. The van der Waals surface area contributed by atoms with Gasteiger partial charge in [0.1, 0.15) is 5.76 Å². The molecule has 3 heterocycles. The smallest absolute Gasteiger partial charge is 0.240 e. The maximum Gasteiger partial charge on any atom is 0.240 e. The number of nitrogens with zero attached hydrogens (tertiary/aromatic N) is 1. The van der Waals surface area contributed by atoms with E-state index >= 15 is 0 Å². The van der Waals surface area contributed by atoms with E-state index in [1.165, 1.54) is 16.2 Å². The molecule has 6 nitrogen and oxygen atoms in total. The summed E-state index contributed by atoms with van der Waals surface area (Å²) in [5.41, 5.74) is -0.00279. The van der Waals surface area contributed by atoms with Crippen LogP contribution in [0.4, 0.5) is 0 Å². The number of ketones is 1. The Labute approximate surface area is 169 Å². The third-order valence-electron chi connectivity index (χ3n) is 5.24. The van der Waals surface area contributed by atoms with E-state index in [1.807, 2.05) is 17.5 Å². The van der Waals surface area contributed by atoms with Crippen LogP contribution in [0, 0.1) is 6.92 Å². The first-order valence-electron chi connectivity index (χ1n) is 9.68. The van der Waals surface area contributed by atoms with Crippen LogP contribution in [-0.4, -0.2) is 42.8 Å². The topological polar surface area (TPSA) is 78.0 Å². The summed E-state index contributed by atoms with van der Waals surface area (Å²) in [5, 5.41) is 14.6. The highest BCUT2D eigenvalue weighted by molar-refractivity contribution is 7.10. The fraction of sp³-hybridized carbons (Fsp3) is 0.429. The van der Waals surface area contributed by atoms with E-state index in [9.17, 15) is 14.7 Å². The number of carbonyl (C=O) groups excluding carboxylic acids is 2. The second-order valence-corrected chi connectivity index (χ2v) is 7.94. The van der Waals surface area contributed by atoms with Gasteiger partial charge in [-0.25, -0.2) is 0 Å². The molecule has 150 valence electrons. The minimum Gasteiger partial charge on any atom is -0.868 e. The lowest BCUT2D eigenvalue weighted by atomic mass is 10.0. The lowest BCUT2D eigenvalue weighted by molar-refractivity contribution is -0.896. The third-order valence-corrected chi connectivity index (χ3v) is 6.16. The molecule has 1 aliphatic rings. The summed E-state index contributed by atoms with van der Waals surface area (Å²) in [6.07, 6.45) is 0.777. The van der Waals surface area contributed by atoms with E-state index < -0.39 is 23.5 Å². The van der Waals surface area contributed by atoms with Crippen molar-refractivity contribution in [2.75, 3.05) is 26.2 Å². The van der Waals surface area contributed by atoms with E-state index in [0.29, 0.717) is 12.3 Å². The molecule has 0 radical (unpaired) electrons. The Morgan fingerprint density at radius 1 is 1.29 bits per heavy atom. The molecule has 1 atom stereocenters. The molecule has 0 spiro atoms. The van der Waals surface area contributed by atoms with Crippen molar-refractivity contribution in [2.24, 2.45) is 0 Å². The molecular formula is C21H26N2O4S. The fourth-order valence-corrected chi connectivity index (χ4v) is 4.48. The average molecular weight is 403 g/mol. The van der Waals surface area contributed by atoms with Gasteiger partial charge in [0, 0.05) is 23.4 Å². The molecule has 3 rings (SSSR count). The van der Waals surface area contributed by atoms with E-state index in [4.69, 9.17) is 4.42 Å².